The maximum absolute atomic E-state index is 5.75. The van der Waals surface area contributed by atoms with E-state index in [1.54, 1.807) is 11.3 Å². The SMILES string of the molecule is Cc1ncsc1CCC(CCl)CCl. The van der Waals surface area contributed by atoms with Crippen LogP contribution in [0.15, 0.2) is 5.51 Å². The van der Waals surface area contributed by atoms with Crippen LogP contribution in [0.5, 0.6) is 0 Å². The van der Waals surface area contributed by atoms with E-state index in [-0.39, 0.29) is 0 Å². The molecule has 0 aromatic carbocycles. The van der Waals surface area contributed by atoms with Crippen molar-refractivity contribution in [2.75, 3.05) is 11.8 Å². The van der Waals surface area contributed by atoms with E-state index in [1.807, 2.05) is 12.4 Å². The molecule has 0 aliphatic heterocycles. The minimum atomic E-state index is 0.435. The van der Waals surface area contributed by atoms with E-state index < -0.39 is 0 Å². The summed E-state index contributed by atoms with van der Waals surface area (Å²) in [7, 11) is 0. The Balaban J connectivity index is 2.38. The van der Waals surface area contributed by atoms with Crippen LogP contribution >= 0.6 is 34.5 Å². The molecule has 1 heterocycles. The molecule has 0 bridgehead atoms. The van der Waals surface area contributed by atoms with Crippen molar-refractivity contribution in [1.29, 1.82) is 0 Å². The molecule has 1 rings (SSSR count). The summed E-state index contributed by atoms with van der Waals surface area (Å²) < 4.78 is 0. The molecule has 4 heteroatoms. The van der Waals surface area contributed by atoms with E-state index in [9.17, 15) is 0 Å². The predicted octanol–water partition coefficient (Wildman–Crippen LogP) is 3.48. The number of aryl methyl sites for hydroxylation is 2. The topological polar surface area (TPSA) is 12.9 Å². The van der Waals surface area contributed by atoms with Gasteiger partial charge in [0.15, 0.2) is 0 Å². The number of rotatable bonds is 5. The van der Waals surface area contributed by atoms with Crippen LogP contribution in [-0.4, -0.2) is 16.7 Å². The summed E-state index contributed by atoms with van der Waals surface area (Å²) in [5.41, 5.74) is 3.04. The van der Waals surface area contributed by atoms with E-state index in [2.05, 4.69) is 4.98 Å². The van der Waals surface area contributed by atoms with Gasteiger partial charge in [0, 0.05) is 16.6 Å². The third kappa shape index (κ3) is 3.45. The maximum atomic E-state index is 5.75. The second-order valence-electron chi connectivity index (χ2n) is 3.07. The van der Waals surface area contributed by atoms with Gasteiger partial charge in [0.2, 0.25) is 0 Å². The van der Waals surface area contributed by atoms with Gasteiger partial charge in [-0.25, -0.2) is 4.98 Å². The number of aromatic nitrogens is 1. The Kier molecular flexibility index (Phi) is 5.07. The van der Waals surface area contributed by atoms with Gasteiger partial charge in [-0.05, 0) is 25.7 Å². The van der Waals surface area contributed by atoms with Crippen molar-refractivity contribution >= 4 is 34.5 Å². The fraction of sp³-hybridized carbons (Fsp3) is 0.667. The van der Waals surface area contributed by atoms with Crippen LogP contribution in [-0.2, 0) is 6.42 Å². The highest BCUT2D eigenvalue weighted by Crippen LogP contribution is 2.18. The Morgan fingerprint density at radius 1 is 1.46 bits per heavy atom. The Hall–Kier alpha value is 0.210. The van der Waals surface area contributed by atoms with Crippen molar-refractivity contribution in [3.8, 4) is 0 Å². The summed E-state index contributed by atoms with van der Waals surface area (Å²) in [5.74, 6) is 1.74. The number of hydrogen-bond donors (Lipinski definition) is 0. The van der Waals surface area contributed by atoms with Gasteiger partial charge in [0.05, 0.1) is 11.2 Å². The molecule has 0 radical (unpaired) electrons. The lowest BCUT2D eigenvalue weighted by atomic mass is 10.1. The average molecular weight is 238 g/mol. The van der Waals surface area contributed by atoms with Crippen molar-refractivity contribution in [3.63, 3.8) is 0 Å². The molecule has 0 amide bonds. The van der Waals surface area contributed by atoms with Gasteiger partial charge < -0.3 is 0 Å². The molecule has 1 aromatic rings. The van der Waals surface area contributed by atoms with Crippen molar-refractivity contribution in [1.82, 2.24) is 4.98 Å². The van der Waals surface area contributed by atoms with Crippen LogP contribution < -0.4 is 0 Å². The number of halogens is 2. The molecule has 0 atom stereocenters. The van der Waals surface area contributed by atoms with Crippen LogP contribution in [0.3, 0.4) is 0 Å². The molecule has 74 valence electrons. The summed E-state index contributed by atoms with van der Waals surface area (Å²) in [5, 5.41) is 0. The quantitative estimate of drug-likeness (QED) is 0.715. The normalized spacial score (nSPS) is 11.1. The van der Waals surface area contributed by atoms with Gasteiger partial charge in [0.25, 0.3) is 0 Å². The Morgan fingerprint density at radius 3 is 2.62 bits per heavy atom. The fourth-order valence-corrected chi connectivity index (χ4v) is 2.53. The van der Waals surface area contributed by atoms with Crippen molar-refractivity contribution in [3.05, 3.63) is 16.1 Å². The zero-order chi connectivity index (χ0) is 9.68. The second-order valence-corrected chi connectivity index (χ2v) is 4.63. The summed E-state index contributed by atoms with van der Waals surface area (Å²) in [4.78, 5) is 5.56. The smallest absolute Gasteiger partial charge is 0.0797 e. The number of alkyl halides is 2. The lowest BCUT2D eigenvalue weighted by Crippen LogP contribution is -2.05. The molecule has 0 fully saturated rings. The lowest BCUT2D eigenvalue weighted by Gasteiger charge is -2.08. The zero-order valence-electron chi connectivity index (χ0n) is 7.59. The lowest BCUT2D eigenvalue weighted by molar-refractivity contribution is 0.601. The highest BCUT2D eigenvalue weighted by atomic mass is 35.5. The molecular weight excluding hydrogens is 225 g/mol. The van der Waals surface area contributed by atoms with E-state index >= 15 is 0 Å². The van der Waals surface area contributed by atoms with E-state index in [1.165, 1.54) is 4.88 Å². The van der Waals surface area contributed by atoms with Gasteiger partial charge in [0.1, 0.15) is 0 Å². The van der Waals surface area contributed by atoms with Crippen LogP contribution in [0.4, 0.5) is 0 Å². The third-order valence-electron chi connectivity index (χ3n) is 2.06. The molecule has 1 nitrogen and oxygen atoms in total. The van der Waals surface area contributed by atoms with Crippen molar-refractivity contribution in [2.24, 2.45) is 5.92 Å². The van der Waals surface area contributed by atoms with Gasteiger partial charge in [-0.3, -0.25) is 0 Å². The first-order valence-corrected chi connectivity index (χ1v) is 6.23. The molecule has 0 saturated carbocycles. The van der Waals surface area contributed by atoms with E-state index in [0.29, 0.717) is 17.7 Å². The van der Waals surface area contributed by atoms with Gasteiger partial charge in [-0.2, -0.15) is 0 Å². The molecule has 0 unspecified atom stereocenters. The summed E-state index contributed by atoms with van der Waals surface area (Å²) in [6, 6.07) is 0. The van der Waals surface area contributed by atoms with Crippen LogP contribution in [0.2, 0.25) is 0 Å². The first-order valence-electron chi connectivity index (χ1n) is 4.28. The minimum Gasteiger partial charge on any atom is -0.250 e. The molecule has 0 saturated heterocycles. The Morgan fingerprint density at radius 2 is 2.15 bits per heavy atom. The van der Waals surface area contributed by atoms with Crippen LogP contribution in [0.25, 0.3) is 0 Å². The monoisotopic (exact) mass is 237 g/mol. The molecule has 0 aliphatic rings. The Bertz CT molecular complexity index is 246. The summed E-state index contributed by atoms with van der Waals surface area (Å²) in [6.07, 6.45) is 2.12. The second kappa shape index (κ2) is 5.84. The summed E-state index contributed by atoms with van der Waals surface area (Å²) >= 11 is 13.2. The molecule has 1 aromatic heterocycles. The maximum Gasteiger partial charge on any atom is 0.0797 e. The zero-order valence-corrected chi connectivity index (χ0v) is 9.92. The van der Waals surface area contributed by atoms with Crippen molar-refractivity contribution < 1.29 is 0 Å². The van der Waals surface area contributed by atoms with Gasteiger partial charge in [-0.15, -0.1) is 34.5 Å². The highest BCUT2D eigenvalue weighted by Gasteiger charge is 2.08. The number of hydrogen-bond acceptors (Lipinski definition) is 2. The number of thiazole rings is 1. The largest absolute Gasteiger partial charge is 0.250 e. The van der Waals surface area contributed by atoms with E-state index in [0.717, 1.165) is 18.5 Å². The summed E-state index contributed by atoms with van der Waals surface area (Å²) in [6.45, 7) is 2.04. The first-order chi connectivity index (χ1) is 6.27. The average Bonchev–Trinajstić information content (AvgIpc) is 2.54. The molecule has 0 spiro atoms. The van der Waals surface area contributed by atoms with Crippen LogP contribution in [0.1, 0.15) is 17.0 Å². The first kappa shape index (κ1) is 11.3. The molecule has 0 N–H and O–H groups in total. The fourth-order valence-electron chi connectivity index (χ4n) is 1.10. The van der Waals surface area contributed by atoms with Gasteiger partial charge in [-0.1, -0.05) is 0 Å². The molecular formula is C9H13Cl2NS. The predicted molar refractivity (Wildman–Crippen MR) is 60.1 cm³/mol. The standard InChI is InChI=1S/C9H13Cl2NS/c1-7-9(13-6-12-7)3-2-8(4-10)5-11/h6,8H,2-5H2,1H3. The Labute approximate surface area is 93.1 Å². The van der Waals surface area contributed by atoms with Gasteiger partial charge >= 0.3 is 0 Å². The highest BCUT2D eigenvalue weighted by molar-refractivity contribution is 7.09. The molecule has 0 aliphatic carbocycles. The minimum absolute atomic E-state index is 0.435. The van der Waals surface area contributed by atoms with E-state index in [4.69, 9.17) is 23.2 Å². The van der Waals surface area contributed by atoms with Crippen LogP contribution in [0, 0.1) is 12.8 Å². The third-order valence-corrected chi connectivity index (χ3v) is 3.93. The van der Waals surface area contributed by atoms with Crippen molar-refractivity contribution in [2.45, 2.75) is 19.8 Å². The molecule has 13 heavy (non-hydrogen) atoms. The number of nitrogens with zero attached hydrogens (tertiary/aromatic N) is 1.